The van der Waals surface area contributed by atoms with E-state index in [0.29, 0.717) is 6.54 Å². The molecule has 0 unspecified atom stereocenters. The molecule has 8 heteroatoms. The molecule has 0 spiro atoms. The number of aryl methyl sites for hydroxylation is 1. The summed E-state index contributed by atoms with van der Waals surface area (Å²) in [7, 11) is 2.07. The van der Waals surface area contributed by atoms with Crippen molar-refractivity contribution in [2.75, 3.05) is 20.1 Å². The van der Waals surface area contributed by atoms with Crippen LogP contribution in [-0.4, -0.2) is 51.7 Å². The lowest BCUT2D eigenvalue weighted by molar-refractivity contribution is -0.385. The van der Waals surface area contributed by atoms with Crippen LogP contribution in [0.3, 0.4) is 0 Å². The second kappa shape index (κ2) is 6.47. The maximum Gasteiger partial charge on any atom is 0.306 e. The lowest BCUT2D eigenvalue weighted by Crippen LogP contribution is -2.43. The average Bonchev–Trinajstić information content (AvgIpc) is 2.88. The van der Waals surface area contributed by atoms with E-state index in [1.54, 1.807) is 0 Å². The first-order valence-corrected chi connectivity index (χ1v) is 6.69. The molecule has 1 N–H and O–H groups in total. The van der Waals surface area contributed by atoms with E-state index in [1.165, 1.54) is 17.1 Å². The topological polar surface area (TPSA) is 93.3 Å². The first kappa shape index (κ1) is 14.4. The smallest absolute Gasteiger partial charge is 0.306 e. The fourth-order valence-electron chi connectivity index (χ4n) is 2.24. The van der Waals surface area contributed by atoms with E-state index in [4.69, 9.17) is 0 Å². The Morgan fingerprint density at radius 2 is 2.25 bits per heavy atom. The molecule has 0 atom stereocenters. The Kier molecular flexibility index (Phi) is 4.67. The van der Waals surface area contributed by atoms with Crippen molar-refractivity contribution < 1.29 is 9.72 Å². The van der Waals surface area contributed by atoms with E-state index >= 15 is 0 Å². The Bertz CT molecular complexity index is 479. The molecule has 0 aromatic carbocycles. The van der Waals surface area contributed by atoms with Gasteiger partial charge in [0, 0.05) is 19.0 Å². The monoisotopic (exact) mass is 281 g/mol. The minimum atomic E-state index is -0.498. The molecule has 2 rings (SSSR count). The summed E-state index contributed by atoms with van der Waals surface area (Å²) in [4.78, 5) is 24.1. The van der Waals surface area contributed by atoms with Crippen molar-refractivity contribution in [1.29, 1.82) is 0 Å². The van der Waals surface area contributed by atoms with Crippen LogP contribution in [0.1, 0.15) is 19.3 Å². The van der Waals surface area contributed by atoms with E-state index in [2.05, 4.69) is 22.4 Å². The van der Waals surface area contributed by atoms with Gasteiger partial charge in [0.05, 0.1) is 4.92 Å². The molecular weight excluding hydrogens is 262 g/mol. The van der Waals surface area contributed by atoms with Gasteiger partial charge in [-0.15, -0.1) is 0 Å². The fourth-order valence-corrected chi connectivity index (χ4v) is 2.24. The summed E-state index contributed by atoms with van der Waals surface area (Å²) in [6, 6.07) is 0.241. The molecule has 8 nitrogen and oxygen atoms in total. The van der Waals surface area contributed by atoms with Crippen molar-refractivity contribution in [1.82, 2.24) is 20.0 Å². The minimum absolute atomic E-state index is 0.0299. The van der Waals surface area contributed by atoms with Gasteiger partial charge in [-0.05, 0) is 33.0 Å². The molecule has 1 aliphatic heterocycles. The number of nitrogens with zero attached hydrogens (tertiary/aromatic N) is 4. The van der Waals surface area contributed by atoms with Crippen LogP contribution < -0.4 is 5.32 Å². The van der Waals surface area contributed by atoms with Gasteiger partial charge in [-0.25, -0.2) is 0 Å². The third-order valence-corrected chi connectivity index (χ3v) is 3.48. The second-order valence-electron chi connectivity index (χ2n) is 5.11. The van der Waals surface area contributed by atoms with Crippen LogP contribution in [0.2, 0.25) is 0 Å². The molecule has 2 heterocycles. The Balaban J connectivity index is 1.73. The summed E-state index contributed by atoms with van der Waals surface area (Å²) in [5, 5.41) is 17.4. The van der Waals surface area contributed by atoms with E-state index < -0.39 is 4.92 Å². The van der Waals surface area contributed by atoms with E-state index in [9.17, 15) is 14.9 Å². The van der Waals surface area contributed by atoms with Gasteiger partial charge in [-0.1, -0.05) is 0 Å². The fraction of sp³-hybridized carbons (Fsp3) is 0.667. The van der Waals surface area contributed by atoms with Gasteiger partial charge < -0.3 is 10.2 Å². The highest BCUT2D eigenvalue weighted by Crippen LogP contribution is 2.09. The van der Waals surface area contributed by atoms with E-state index in [0.717, 1.165) is 25.9 Å². The molecule has 110 valence electrons. The molecule has 1 saturated heterocycles. The van der Waals surface area contributed by atoms with Crippen molar-refractivity contribution in [2.45, 2.75) is 31.8 Å². The van der Waals surface area contributed by atoms with Gasteiger partial charge >= 0.3 is 5.69 Å². The number of hydrogen-bond acceptors (Lipinski definition) is 5. The third-order valence-electron chi connectivity index (χ3n) is 3.48. The number of rotatable bonds is 5. The van der Waals surface area contributed by atoms with Crippen LogP contribution in [0.25, 0.3) is 0 Å². The maximum atomic E-state index is 11.8. The first-order valence-electron chi connectivity index (χ1n) is 6.69. The summed E-state index contributed by atoms with van der Waals surface area (Å²) in [6.45, 7) is 2.35. The normalized spacial score (nSPS) is 17.1. The quantitative estimate of drug-likeness (QED) is 0.622. The number of likely N-dealkylation sites (tertiary alicyclic amines) is 1. The minimum Gasteiger partial charge on any atom is -0.353 e. The number of hydrogen-bond donors (Lipinski definition) is 1. The van der Waals surface area contributed by atoms with Crippen LogP contribution in [0.4, 0.5) is 5.69 Å². The molecule has 1 fully saturated rings. The number of carbonyl (C=O) groups is 1. The zero-order valence-electron chi connectivity index (χ0n) is 11.5. The molecule has 1 aromatic heterocycles. The zero-order valence-corrected chi connectivity index (χ0v) is 11.5. The number of nitro groups is 1. The van der Waals surface area contributed by atoms with Crippen molar-refractivity contribution in [3.8, 4) is 0 Å². The van der Waals surface area contributed by atoms with E-state index in [-0.39, 0.29) is 24.1 Å². The predicted molar refractivity (Wildman–Crippen MR) is 72.2 cm³/mol. The summed E-state index contributed by atoms with van der Waals surface area (Å²) < 4.78 is 1.42. The van der Waals surface area contributed by atoms with Crippen molar-refractivity contribution in [3.05, 3.63) is 22.5 Å². The van der Waals surface area contributed by atoms with Gasteiger partial charge in [0.25, 0.3) is 0 Å². The van der Waals surface area contributed by atoms with Gasteiger partial charge in [0.1, 0.15) is 12.4 Å². The summed E-state index contributed by atoms with van der Waals surface area (Å²) >= 11 is 0. The highest BCUT2D eigenvalue weighted by molar-refractivity contribution is 5.76. The number of amides is 1. The van der Waals surface area contributed by atoms with Gasteiger partial charge in [-0.3, -0.25) is 19.6 Å². The van der Waals surface area contributed by atoms with Crippen LogP contribution >= 0.6 is 0 Å². The van der Waals surface area contributed by atoms with Crippen LogP contribution in [0, 0.1) is 10.1 Å². The average molecular weight is 281 g/mol. The summed E-state index contributed by atoms with van der Waals surface area (Å²) in [6.07, 6.45) is 4.74. The second-order valence-corrected chi connectivity index (χ2v) is 5.11. The van der Waals surface area contributed by atoms with Crippen LogP contribution in [0.5, 0.6) is 0 Å². The molecule has 1 aliphatic rings. The van der Waals surface area contributed by atoms with Gasteiger partial charge in [-0.2, -0.15) is 5.10 Å². The lowest BCUT2D eigenvalue weighted by atomic mass is 10.1. The standard InChI is InChI=1S/C12H19N5O3/c1-15-5-2-10(3-6-15)14-12(18)4-7-16-9-11(8-13-16)17(19)20/h8-10H,2-7H2,1H3,(H,14,18). The zero-order chi connectivity index (χ0) is 14.5. The predicted octanol–water partition coefficient (Wildman–Crippen LogP) is 0.392. The van der Waals surface area contributed by atoms with E-state index in [1.807, 2.05) is 0 Å². The molecule has 20 heavy (non-hydrogen) atoms. The molecular formula is C12H19N5O3. The largest absolute Gasteiger partial charge is 0.353 e. The van der Waals surface area contributed by atoms with Gasteiger partial charge in [0.15, 0.2) is 0 Å². The lowest BCUT2D eigenvalue weighted by Gasteiger charge is -2.29. The van der Waals surface area contributed by atoms with Crippen molar-refractivity contribution in [3.63, 3.8) is 0 Å². The molecule has 0 bridgehead atoms. The third kappa shape index (κ3) is 4.02. The van der Waals surface area contributed by atoms with Crippen molar-refractivity contribution in [2.24, 2.45) is 0 Å². The maximum absolute atomic E-state index is 11.8. The molecule has 1 aromatic rings. The number of carbonyl (C=O) groups excluding carboxylic acids is 1. The SMILES string of the molecule is CN1CCC(NC(=O)CCn2cc([N+](=O)[O-])cn2)CC1. The Hall–Kier alpha value is -1.96. The molecule has 0 aliphatic carbocycles. The Labute approximate surface area is 116 Å². The molecule has 0 radical (unpaired) electrons. The highest BCUT2D eigenvalue weighted by Gasteiger charge is 2.18. The first-order chi connectivity index (χ1) is 9.54. The van der Waals surface area contributed by atoms with Crippen molar-refractivity contribution >= 4 is 11.6 Å². The number of aromatic nitrogens is 2. The van der Waals surface area contributed by atoms with Crippen LogP contribution in [0.15, 0.2) is 12.4 Å². The molecule has 0 saturated carbocycles. The Morgan fingerprint density at radius 3 is 2.85 bits per heavy atom. The molecule has 1 amide bonds. The number of piperidine rings is 1. The number of nitrogens with one attached hydrogen (secondary N) is 1. The summed E-state index contributed by atoms with van der Waals surface area (Å²) in [5.74, 6) is -0.0299. The Morgan fingerprint density at radius 1 is 1.55 bits per heavy atom. The summed E-state index contributed by atoms with van der Waals surface area (Å²) in [5.41, 5.74) is -0.0549. The van der Waals surface area contributed by atoms with Gasteiger partial charge in [0.2, 0.25) is 5.91 Å². The highest BCUT2D eigenvalue weighted by atomic mass is 16.6. The van der Waals surface area contributed by atoms with Crippen LogP contribution in [-0.2, 0) is 11.3 Å².